The predicted molar refractivity (Wildman–Crippen MR) is 94.2 cm³/mol. The first kappa shape index (κ1) is 17.8. The Bertz CT molecular complexity index is 763. The minimum absolute atomic E-state index is 0.0281. The minimum atomic E-state index is -0.963. The number of para-hydroxylation sites is 1. The first-order chi connectivity index (χ1) is 12.5. The largest absolute Gasteiger partial charge is 0.491 e. The highest BCUT2D eigenvalue weighted by Gasteiger charge is 2.34. The van der Waals surface area contributed by atoms with Gasteiger partial charge in [-0.15, -0.1) is 0 Å². The van der Waals surface area contributed by atoms with Gasteiger partial charge in [0.05, 0.1) is 6.54 Å². The van der Waals surface area contributed by atoms with Gasteiger partial charge in [-0.3, -0.25) is 9.69 Å². The summed E-state index contributed by atoms with van der Waals surface area (Å²) in [5, 5.41) is 10.0. The van der Waals surface area contributed by atoms with Crippen LogP contribution in [-0.2, 0) is 4.79 Å². The number of carbonyl (C=O) groups excluding carboxylic acids is 2. The van der Waals surface area contributed by atoms with Crippen LogP contribution < -0.4 is 9.47 Å². The quantitative estimate of drug-likeness (QED) is 0.769. The zero-order valence-electron chi connectivity index (χ0n) is 14.4. The molecule has 0 spiro atoms. The summed E-state index contributed by atoms with van der Waals surface area (Å²) >= 11 is 0. The standard InChI is InChI=1S/C19H20N2O5/c1-20-12-18(23)21(19(20)24)11-14(22)13-25-15-7-9-17(10-8-15)26-16-5-3-2-4-6-16/h2-10,14,22H,11-13H2,1H3/t14-/m0/s1. The molecule has 1 aliphatic heterocycles. The third-order valence-electron chi connectivity index (χ3n) is 3.87. The molecular weight excluding hydrogens is 336 g/mol. The number of benzene rings is 2. The number of nitrogens with zero attached hydrogens (tertiary/aromatic N) is 2. The molecule has 2 aromatic rings. The van der Waals surface area contributed by atoms with E-state index >= 15 is 0 Å². The molecule has 26 heavy (non-hydrogen) atoms. The summed E-state index contributed by atoms with van der Waals surface area (Å²) < 4.78 is 11.2. The molecule has 7 heteroatoms. The first-order valence-electron chi connectivity index (χ1n) is 8.22. The summed E-state index contributed by atoms with van der Waals surface area (Å²) in [7, 11) is 1.54. The van der Waals surface area contributed by atoms with Gasteiger partial charge in [0, 0.05) is 7.05 Å². The zero-order chi connectivity index (χ0) is 18.5. The number of imide groups is 1. The molecule has 3 amide bonds. The Labute approximate surface area is 151 Å². The lowest BCUT2D eigenvalue weighted by Crippen LogP contribution is -2.40. The van der Waals surface area contributed by atoms with Gasteiger partial charge in [-0.1, -0.05) is 18.2 Å². The van der Waals surface area contributed by atoms with Gasteiger partial charge < -0.3 is 19.5 Å². The lowest BCUT2D eigenvalue weighted by molar-refractivity contribution is -0.126. The second kappa shape index (κ2) is 7.88. The van der Waals surface area contributed by atoms with E-state index in [1.807, 2.05) is 30.3 Å². The van der Waals surface area contributed by atoms with Crippen molar-refractivity contribution in [3.8, 4) is 17.2 Å². The molecule has 1 fully saturated rings. The number of aliphatic hydroxyl groups is 1. The normalized spacial score (nSPS) is 15.3. The van der Waals surface area contributed by atoms with E-state index in [9.17, 15) is 14.7 Å². The van der Waals surface area contributed by atoms with Crippen molar-refractivity contribution in [3.63, 3.8) is 0 Å². The third-order valence-corrected chi connectivity index (χ3v) is 3.87. The lowest BCUT2D eigenvalue weighted by atomic mass is 10.3. The number of likely N-dealkylation sites (N-methyl/N-ethyl adjacent to an activating group) is 1. The van der Waals surface area contributed by atoms with E-state index in [4.69, 9.17) is 9.47 Å². The van der Waals surface area contributed by atoms with Crippen LogP contribution in [0.2, 0.25) is 0 Å². The number of hydrogen-bond donors (Lipinski definition) is 1. The maximum absolute atomic E-state index is 11.8. The van der Waals surface area contributed by atoms with Crippen LogP contribution in [0.1, 0.15) is 0 Å². The molecule has 1 aliphatic rings. The van der Waals surface area contributed by atoms with Gasteiger partial charge in [0.1, 0.15) is 36.5 Å². The van der Waals surface area contributed by atoms with Crippen LogP contribution in [0.4, 0.5) is 4.79 Å². The summed E-state index contributed by atoms with van der Waals surface area (Å²) in [6, 6.07) is 16.0. The van der Waals surface area contributed by atoms with Gasteiger partial charge in [0.2, 0.25) is 5.91 Å². The Balaban J connectivity index is 1.48. The number of rotatable bonds is 7. The second-order valence-corrected chi connectivity index (χ2v) is 5.99. The van der Waals surface area contributed by atoms with Crippen LogP contribution in [0.15, 0.2) is 54.6 Å². The highest BCUT2D eigenvalue weighted by molar-refractivity contribution is 6.01. The number of β-amino-alcohol motifs (C(OH)–C–C–N with tert-alkyl or cyclic N) is 1. The maximum Gasteiger partial charge on any atom is 0.327 e. The fourth-order valence-corrected chi connectivity index (χ4v) is 2.53. The van der Waals surface area contributed by atoms with Crippen LogP contribution in [-0.4, -0.2) is 59.7 Å². The van der Waals surface area contributed by atoms with Crippen LogP contribution in [0.5, 0.6) is 17.2 Å². The Morgan fingerprint density at radius 1 is 1.00 bits per heavy atom. The first-order valence-corrected chi connectivity index (χ1v) is 8.22. The number of urea groups is 1. The highest BCUT2D eigenvalue weighted by atomic mass is 16.5. The molecule has 0 saturated carbocycles. The van der Waals surface area contributed by atoms with Gasteiger partial charge in [0.25, 0.3) is 0 Å². The average molecular weight is 356 g/mol. The smallest absolute Gasteiger partial charge is 0.327 e. The summed E-state index contributed by atoms with van der Waals surface area (Å²) in [5.74, 6) is 1.64. The number of aliphatic hydroxyl groups excluding tert-OH is 1. The Kier molecular flexibility index (Phi) is 5.38. The molecule has 2 aromatic carbocycles. The molecule has 3 rings (SSSR count). The molecule has 1 atom stereocenters. The van der Waals surface area contributed by atoms with Gasteiger partial charge in [0.15, 0.2) is 0 Å². The summed E-state index contributed by atoms with van der Waals surface area (Å²) in [5.41, 5.74) is 0. The van der Waals surface area contributed by atoms with Crippen molar-refractivity contribution in [2.24, 2.45) is 0 Å². The van der Waals surface area contributed by atoms with Crippen molar-refractivity contribution >= 4 is 11.9 Å². The lowest BCUT2D eigenvalue weighted by Gasteiger charge is -2.18. The van der Waals surface area contributed by atoms with Crippen molar-refractivity contribution < 1.29 is 24.2 Å². The van der Waals surface area contributed by atoms with Gasteiger partial charge >= 0.3 is 6.03 Å². The Morgan fingerprint density at radius 3 is 2.23 bits per heavy atom. The van der Waals surface area contributed by atoms with Crippen LogP contribution in [0, 0.1) is 0 Å². The van der Waals surface area contributed by atoms with E-state index < -0.39 is 12.1 Å². The molecule has 1 N–H and O–H groups in total. The summed E-state index contributed by atoms with van der Waals surface area (Å²) in [6.07, 6.45) is -0.963. The van der Waals surface area contributed by atoms with Crippen molar-refractivity contribution in [2.45, 2.75) is 6.10 Å². The van der Waals surface area contributed by atoms with Crippen molar-refractivity contribution in [2.75, 3.05) is 26.7 Å². The SMILES string of the molecule is CN1CC(=O)N(C[C@H](O)COc2ccc(Oc3ccccc3)cc2)C1=O. The zero-order valence-corrected chi connectivity index (χ0v) is 14.4. The molecule has 7 nitrogen and oxygen atoms in total. The van der Waals surface area contributed by atoms with E-state index in [-0.39, 0.29) is 25.6 Å². The van der Waals surface area contributed by atoms with E-state index in [0.29, 0.717) is 11.5 Å². The predicted octanol–water partition coefficient (Wildman–Crippen LogP) is 2.11. The van der Waals surface area contributed by atoms with Gasteiger partial charge in [-0.05, 0) is 36.4 Å². The molecule has 0 radical (unpaired) electrons. The molecule has 136 valence electrons. The fraction of sp³-hybridized carbons (Fsp3) is 0.263. The number of carbonyl (C=O) groups is 2. The number of amides is 3. The van der Waals surface area contributed by atoms with Gasteiger partial charge in [-0.25, -0.2) is 4.79 Å². The van der Waals surface area contributed by atoms with Crippen LogP contribution >= 0.6 is 0 Å². The monoisotopic (exact) mass is 356 g/mol. The summed E-state index contributed by atoms with van der Waals surface area (Å²) in [4.78, 5) is 25.8. The molecular formula is C19H20N2O5. The Hall–Kier alpha value is -3.06. The average Bonchev–Trinajstić information content (AvgIpc) is 2.88. The van der Waals surface area contributed by atoms with E-state index in [2.05, 4.69) is 0 Å². The molecule has 0 aromatic heterocycles. The van der Waals surface area contributed by atoms with E-state index in [1.165, 1.54) is 4.90 Å². The molecule has 1 heterocycles. The third kappa shape index (κ3) is 4.31. The van der Waals surface area contributed by atoms with E-state index in [0.717, 1.165) is 10.6 Å². The van der Waals surface area contributed by atoms with Gasteiger partial charge in [-0.2, -0.15) is 0 Å². The number of hydrogen-bond acceptors (Lipinski definition) is 5. The molecule has 1 saturated heterocycles. The Morgan fingerprint density at radius 2 is 1.62 bits per heavy atom. The van der Waals surface area contributed by atoms with Crippen molar-refractivity contribution in [1.82, 2.24) is 9.80 Å². The fourth-order valence-electron chi connectivity index (χ4n) is 2.53. The molecule has 0 unspecified atom stereocenters. The molecule has 0 bridgehead atoms. The second-order valence-electron chi connectivity index (χ2n) is 5.99. The van der Waals surface area contributed by atoms with Crippen molar-refractivity contribution in [1.29, 1.82) is 0 Å². The van der Waals surface area contributed by atoms with E-state index in [1.54, 1.807) is 31.3 Å². The maximum atomic E-state index is 11.8. The minimum Gasteiger partial charge on any atom is -0.491 e. The topological polar surface area (TPSA) is 79.3 Å². The summed E-state index contributed by atoms with van der Waals surface area (Å²) in [6.45, 7) is -0.0772. The van der Waals surface area contributed by atoms with Crippen LogP contribution in [0.3, 0.4) is 0 Å². The molecule has 0 aliphatic carbocycles. The highest BCUT2D eigenvalue weighted by Crippen LogP contribution is 2.23. The number of ether oxygens (including phenoxy) is 2. The van der Waals surface area contributed by atoms with Crippen molar-refractivity contribution in [3.05, 3.63) is 54.6 Å². The van der Waals surface area contributed by atoms with Crippen LogP contribution in [0.25, 0.3) is 0 Å².